The van der Waals surface area contributed by atoms with Gasteiger partial charge in [0, 0.05) is 18.3 Å². The van der Waals surface area contributed by atoms with Crippen LogP contribution in [-0.4, -0.2) is 16.7 Å². The van der Waals surface area contributed by atoms with Crippen molar-refractivity contribution in [3.05, 3.63) is 22.1 Å². The van der Waals surface area contributed by atoms with E-state index < -0.39 is 0 Å². The Bertz CT molecular complexity index is 413. The zero-order chi connectivity index (χ0) is 13.4. The molecule has 0 radical (unpaired) electrons. The summed E-state index contributed by atoms with van der Waals surface area (Å²) in [6.07, 6.45) is 7.25. The van der Waals surface area contributed by atoms with Crippen molar-refractivity contribution in [1.29, 1.82) is 0 Å². The van der Waals surface area contributed by atoms with Crippen molar-refractivity contribution >= 4 is 0 Å². The highest BCUT2D eigenvalue weighted by atomic mass is 16.5. The number of rotatable bonds is 8. The minimum absolute atomic E-state index is 0.0205. The lowest BCUT2D eigenvalue weighted by atomic mass is 10.1. The maximum absolute atomic E-state index is 11.8. The Morgan fingerprint density at radius 2 is 1.89 bits per heavy atom. The summed E-state index contributed by atoms with van der Waals surface area (Å²) in [5.74, 6) is 0. The molecule has 102 valence electrons. The second-order valence-corrected chi connectivity index (χ2v) is 4.64. The van der Waals surface area contributed by atoms with Crippen LogP contribution in [0, 0.1) is 6.92 Å². The van der Waals surface area contributed by atoms with Gasteiger partial charge >= 0.3 is 0 Å². The SMILES string of the molecule is CCCCCCCCn1c(OC)nc(C)cc1=O. The maximum Gasteiger partial charge on any atom is 0.299 e. The molecule has 1 aromatic rings. The Morgan fingerprint density at radius 3 is 2.56 bits per heavy atom. The first-order chi connectivity index (χ1) is 8.69. The molecule has 0 aromatic carbocycles. The summed E-state index contributed by atoms with van der Waals surface area (Å²) < 4.78 is 6.77. The number of hydrogen-bond acceptors (Lipinski definition) is 3. The number of aromatic nitrogens is 2. The van der Waals surface area contributed by atoms with Gasteiger partial charge in [-0.05, 0) is 13.3 Å². The normalized spacial score (nSPS) is 10.6. The highest BCUT2D eigenvalue weighted by Crippen LogP contribution is 2.09. The third-order valence-corrected chi connectivity index (χ3v) is 3.02. The second kappa shape index (κ2) is 7.90. The Morgan fingerprint density at radius 1 is 1.22 bits per heavy atom. The van der Waals surface area contributed by atoms with Crippen molar-refractivity contribution in [2.75, 3.05) is 7.11 Å². The van der Waals surface area contributed by atoms with Gasteiger partial charge < -0.3 is 4.74 Å². The van der Waals surface area contributed by atoms with Crippen molar-refractivity contribution < 1.29 is 4.74 Å². The predicted octanol–water partition coefficient (Wildman–Crippen LogP) is 2.92. The van der Waals surface area contributed by atoms with Gasteiger partial charge in [-0.1, -0.05) is 39.0 Å². The lowest BCUT2D eigenvalue weighted by Crippen LogP contribution is -2.22. The van der Waals surface area contributed by atoms with E-state index in [0.29, 0.717) is 18.2 Å². The van der Waals surface area contributed by atoms with Crippen molar-refractivity contribution in [1.82, 2.24) is 9.55 Å². The van der Waals surface area contributed by atoms with Gasteiger partial charge in [0.2, 0.25) is 0 Å². The monoisotopic (exact) mass is 252 g/mol. The van der Waals surface area contributed by atoms with Gasteiger partial charge in [-0.25, -0.2) is 4.98 Å². The van der Waals surface area contributed by atoms with Gasteiger partial charge in [0.05, 0.1) is 7.11 Å². The molecule has 0 spiro atoms. The molecule has 0 aliphatic carbocycles. The lowest BCUT2D eigenvalue weighted by Gasteiger charge is -2.10. The number of unbranched alkanes of at least 4 members (excludes halogenated alkanes) is 5. The molecule has 18 heavy (non-hydrogen) atoms. The Balaban J connectivity index is 2.49. The molecule has 0 saturated heterocycles. The van der Waals surface area contributed by atoms with Crippen molar-refractivity contribution in [2.24, 2.45) is 0 Å². The summed E-state index contributed by atoms with van der Waals surface area (Å²) in [4.78, 5) is 16.1. The third-order valence-electron chi connectivity index (χ3n) is 3.02. The molecule has 0 aliphatic rings. The molecule has 0 bridgehead atoms. The standard InChI is InChI=1S/C14H24N2O2/c1-4-5-6-7-8-9-10-16-13(17)11-12(2)15-14(16)18-3/h11H,4-10H2,1-3H3. The molecule has 0 saturated carbocycles. The predicted molar refractivity (Wildman–Crippen MR) is 73.2 cm³/mol. The van der Waals surface area contributed by atoms with Crippen LogP contribution in [0.5, 0.6) is 6.01 Å². The van der Waals surface area contributed by atoms with Gasteiger partial charge in [0.25, 0.3) is 11.6 Å². The summed E-state index contributed by atoms with van der Waals surface area (Å²) >= 11 is 0. The van der Waals surface area contributed by atoms with Gasteiger partial charge in [0.15, 0.2) is 0 Å². The van der Waals surface area contributed by atoms with E-state index in [0.717, 1.165) is 12.8 Å². The number of nitrogens with zero attached hydrogens (tertiary/aromatic N) is 2. The molecular weight excluding hydrogens is 228 g/mol. The van der Waals surface area contributed by atoms with Crippen molar-refractivity contribution in [3.63, 3.8) is 0 Å². The van der Waals surface area contributed by atoms with Crippen LogP contribution in [0.2, 0.25) is 0 Å². The molecule has 1 heterocycles. The summed E-state index contributed by atoms with van der Waals surface area (Å²) in [5.41, 5.74) is 0.684. The van der Waals surface area contributed by atoms with Gasteiger partial charge in [-0.15, -0.1) is 0 Å². The fourth-order valence-electron chi connectivity index (χ4n) is 2.01. The summed E-state index contributed by atoms with van der Waals surface area (Å²) in [6.45, 7) is 4.71. The molecule has 4 heteroatoms. The molecule has 4 nitrogen and oxygen atoms in total. The van der Waals surface area contributed by atoms with E-state index in [9.17, 15) is 4.79 Å². The van der Waals surface area contributed by atoms with Gasteiger partial charge in [0.1, 0.15) is 0 Å². The first-order valence-corrected chi connectivity index (χ1v) is 6.81. The Hall–Kier alpha value is -1.32. The molecule has 0 fully saturated rings. The molecule has 0 N–H and O–H groups in total. The summed E-state index contributed by atoms with van der Waals surface area (Å²) in [5, 5.41) is 0. The number of ether oxygens (including phenoxy) is 1. The zero-order valence-electron chi connectivity index (χ0n) is 11.7. The Labute approximate surface area is 109 Å². The van der Waals surface area contributed by atoms with E-state index in [1.165, 1.54) is 25.7 Å². The van der Waals surface area contributed by atoms with E-state index in [1.807, 2.05) is 0 Å². The zero-order valence-corrected chi connectivity index (χ0v) is 11.7. The lowest BCUT2D eigenvalue weighted by molar-refractivity contribution is 0.340. The number of hydrogen-bond donors (Lipinski definition) is 0. The molecule has 0 amide bonds. The van der Waals surface area contributed by atoms with Crippen LogP contribution >= 0.6 is 0 Å². The van der Waals surface area contributed by atoms with Crippen LogP contribution in [0.25, 0.3) is 0 Å². The molecule has 0 atom stereocenters. The summed E-state index contributed by atoms with van der Waals surface area (Å²) in [6, 6.07) is 1.98. The highest BCUT2D eigenvalue weighted by Gasteiger charge is 2.06. The fraction of sp³-hybridized carbons (Fsp3) is 0.714. The number of aryl methyl sites for hydroxylation is 1. The van der Waals surface area contributed by atoms with E-state index in [1.54, 1.807) is 24.7 Å². The smallest absolute Gasteiger partial charge is 0.299 e. The van der Waals surface area contributed by atoms with E-state index in [4.69, 9.17) is 4.74 Å². The van der Waals surface area contributed by atoms with Crippen molar-refractivity contribution in [2.45, 2.75) is 58.9 Å². The number of methoxy groups -OCH3 is 1. The molecule has 1 aromatic heterocycles. The van der Waals surface area contributed by atoms with Crippen LogP contribution in [-0.2, 0) is 6.54 Å². The topological polar surface area (TPSA) is 44.1 Å². The molecule has 1 rings (SSSR count). The summed E-state index contributed by atoms with van der Waals surface area (Å²) in [7, 11) is 1.55. The molecule has 0 unspecified atom stereocenters. The minimum atomic E-state index is -0.0205. The first kappa shape index (κ1) is 14.7. The maximum atomic E-state index is 11.8. The molecular formula is C14H24N2O2. The quantitative estimate of drug-likeness (QED) is 0.668. The van der Waals surface area contributed by atoms with Crippen LogP contribution in [0.15, 0.2) is 10.9 Å². The highest BCUT2D eigenvalue weighted by molar-refractivity contribution is 5.06. The van der Waals surface area contributed by atoms with Crippen LogP contribution in [0.3, 0.4) is 0 Å². The fourth-order valence-corrected chi connectivity index (χ4v) is 2.01. The Kier molecular flexibility index (Phi) is 6.47. The molecule has 0 aliphatic heterocycles. The van der Waals surface area contributed by atoms with Gasteiger partial charge in [-0.2, -0.15) is 0 Å². The first-order valence-electron chi connectivity index (χ1n) is 6.81. The largest absolute Gasteiger partial charge is 0.468 e. The van der Waals surface area contributed by atoms with Crippen LogP contribution in [0.1, 0.15) is 51.1 Å². The van der Waals surface area contributed by atoms with E-state index in [-0.39, 0.29) is 5.56 Å². The second-order valence-electron chi connectivity index (χ2n) is 4.64. The van der Waals surface area contributed by atoms with Crippen molar-refractivity contribution in [3.8, 4) is 6.01 Å². The van der Waals surface area contributed by atoms with Crippen LogP contribution in [0.4, 0.5) is 0 Å². The third kappa shape index (κ3) is 4.51. The van der Waals surface area contributed by atoms with Crippen LogP contribution < -0.4 is 10.3 Å². The van der Waals surface area contributed by atoms with E-state index in [2.05, 4.69) is 11.9 Å². The average molecular weight is 252 g/mol. The average Bonchev–Trinajstić information content (AvgIpc) is 2.35. The van der Waals surface area contributed by atoms with Gasteiger partial charge in [-0.3, -0.25) is 9.36 Å². The van der Waals surface area contributed by atoms with E-state index >= 15 is 0 Å². The minimum Gasteiger partial charge on any atom is -0.468 e.